The van der Waals surface area contributed by atoms with Crippen molar-refractivity contribution in [1.29, 1.82) is 0 Å². The minimum atomic E-state index is -3.18. The number of aliphatic hydroxyl groups is 2. The van der Waals surface area contributed by atoms with Crippen LogP contribution in [0.25, 0.3) is 33.4 Å². The molecule has 3 fully saturated rings. The second kappa shape index (κ2) is 22.0. The standard InChI is InChI=1S/C22H28BN3O6S.C16H16BrN3O4S.C12H24B2O4/c1-21(2)22(3,4)32-23(31-21)15-11-18-17(19(12-15)30-9-10-33(5,28)29)13-24-26(18)20-8-6-7-16(14-27)25-20;1-25(22,23)6-5-24-15-8-11(17)7-14-13(15)9-18-20(14)16-4-2-3-12(10-21)19-16;1-9(2)10(3,4)16-13(15-9)14-17-11(5,6)12(7,8)18-14/h6-8,11-13,27H,9-10,14H2,1-5H3;2-4,7-9,21H,5-6,10H2,1H3;1-8H3. The molecule has 0 saturated carbocycles. The monoisotopic (exact) mass is 1150 g/mol. The molecular formula is C50H68B3BrN6O14S2. The fraction of sp³-hybridized carbons (Fsp3) is 0.520. The highest BCUT2D eigenvalue weighted by molar-refractivity contribution is 9.10. The third-order valence-corrected chi connectivity index (χ3v) is 16.6. The van der Waals surface area contributed by atoms with Gasteiger partial charge in [-0.05, 0) is 137 Å². The van der Waals surface area contributed by atoms with E-state index in [-0.39, 0.29) is 60.3 Å². The maximum absolute atomic E-state index is 11.6. The third kappa shape index (κ3) is 13.3. The summed E-state index contributed by atoms with van der Waals surface area (Å²) in [4.78, 5) is 8.80. The molecule has 9 rings (SSSR count). The highest BCUT2D eigenvalue weighted by atomic mass is 79.9. The van der Waals surface area contributed by atoms with E-state index >= 15 is 0 Å². The minimum absolute atomic E-state index is 0.00415. The van der Waals surface area contributed by atoms with Gasteiger partial charge >= 0.3 is 21.1 Å². The Bertz CT molecular complexity index is 3220. The minimum Gasteiger partial charge on any atom is -0.492 e. The Morgan fingerprint density at radius 1 is 0.553 bits per heavy atom. The Hall–Kier alpha value is -4.47. The van der Waals surface area contributed by atoms with Gasteiger partial charge < -0.3 is 47.6 Å². The number of nitrogens with zero attached hydrogens (tertiary/aromatic N) is 6. The average molecular weight is 1150 g/mol. The normalized spacial score (nSPS) is 19.1. The van der Waals surface area contributed by atoms with Gasteiger partial charge in [0.2, 0.25) is 0 Å². The molecule has 7 heterocycles. The van der Waals surface area contributed by atoms with Crippen LogP contribution >= 0.6 is 15.9 Å². The van der Waals surface area contributed by atoms with Crippen LogP contribution in [0.3, 0.4) is 0 Å². The van der Waals surface area contributed by atoms with Crippen LogP contribution in [-0.2, 0) is 60.8 Å². The van der Waals surface area contributed by atoms with E-state index in [9.17, 15) is 27.0 Å². The van der Waals surface area contributed by atoms with E-state index < -0.39 is 52.0 Å². The van der Waals surface area contributed by atoms with Crippen molar-refractivity contribution in [3.63, 3.8) is 0 Å². The van der Waals surface area contributed by atoms with Gasteiger partial charge in [0.1, 0.15) is 24.7 Å². The van der Waals surface area contributed by atoms with Crippen LogP contribution in [0.5, 0.6) is 11.5 Å². The SMILES string of the molecule is CC1(C)OB(B2OC(C)(C)C(C)(C)O2)OC1(C)C.CC1(C)OB(c2cc(OCCS(C)(=O)=O)c3cnn(-c4cccc(CO)n4)c3c2)OC1(C)C.CS(=O)(=O)CCOc1cc(Br)cc2c1cnn2-c1cccc(CO)n1. The Balaban J connectivity index is 0.000000174. The molecular weight excluding hydrogens is 1090 g/mol. The molecule has 0 unspecified atom stereocenters. The number of sulfone groups is 2. The molecule has 0 aliphatic carbocycles. The van der Waals surface area contributed by atoms with E-state index in [1.807, 2.05) is 95.2 Å². The summed E-state index contributed by atoms with van der Waals surface area (Å²) in [6, 6.07) is 18.0. The van der Waals surface area contributed by atoms with Crippen LogP contribution in [0.1, 0.15) is 94.5 Å². The van der Waals surface area contributed by atoms with Gasteiger partial charge in [0, 0.05) is 17.0 Å². The summed E-state index contributed by atoms with van der Waals surface area (Å²) in [6.45, 7) is 23.8. The van der Waals surface area contributed by atoms with E-state index in [1.165, 1.54) is 12.5 Å². The molecule has 3 saturated heterocycles. The van der Waals surface area contributed by atoms with Gasteiger partial charge in [0.15, 0.2) is 31.3 Å². The molecule has 26 heteroatoms. The van der Waals surface area contributed by atoms with Crippen molar-refractivity contribution in [1.82, 2.24) is 29.5 Å². The quantitative estimate of drug-likeness (QED) is 0.119. The summed E-state index contributed by atoms with van der Waals surface area (Å²) in [5.41, 5.74) is 0.734. The number of rotatable bonds is 14. The molecule has 2 N–H and O–H groups in total. The number of ether oxygens (including phenoxy) is 2. The molecule has 0 amide bonds. The predicted octanol–water partition coefficient (Wildman–Crippen LogP) is 5.98. The first-order valence-electron chi connectivity index (χ1n) is 24.7. The predicted molar refractivity (Wildman–Crippen MR) is 296 cm³/mol. The van der Waals surface area contributed by atoms with Crippen molar-refractivity contribution >= 4 is 84.0 Å². The molecule has 410 valence electrons. The number of hydrogen-bond acceptors (Lipinski definition) is 18. The molecule has 0 spiro atoms. The average Bonchev–Trinajstić information content (AvgIpc) is 4.09. The van der Waals surface area contributed by atoms with Crippen molar-refractivity contribution in [2.24, 2.45) is 0 Å². The van der Waals surface area contributed by atoms with Gasteiger partial charge in [-0.15, -0.1) is 0 Å². The summed E-state index contributed by atoms with van der Waals surface area (Å²) in [6.07, 6.45) is 5.63. The number of hydrogen-bond donors (Lipinski definition) is 2. The van der Waals surface area contributed by atoms with Crippen LogP contribution in [-0.4, -0.2) is 149 Å². The summed E-state index contributed by atoms with van der Waals surface area (Å²) < 4.78 is 97.6. The van der Waals surface area contributed by atoms with Gasteiger partial charge in [-0.25, -0.2) is 36.2 Å². The maximum atomic E-state index is 11.6. The van der Waals surface area contributed by atoms with E-state index in [1.54, 1.807) is 70.3 Å². The molecule has 76 heavy (non-hydrogen) atoms. The zero-order valence-corrected chi connectivity index (χ0v) is 48.8. The Morgan fingerprint density at radius 3 is 1.30 bits per heavy atom. The van der Waals surface area contributed by atoms with E-state index in [0.29, 0.717) is 45.4 Å². The van der Waals surface area contributed by atoms with Crippen molar-refractivity contribution in [2.45, 2.75) is 130 Å². The van der Waals surface area contributed by atoms with Gasteiger partial charge in [-0.1, -0.05) is 28.1 Å². The molecule has 20 nitrogen and oxygen atoms in total. The highest BCUT2D eigenvalue weighted by Crippen LogP contribution is 2.43. The van der Waals surface area contributed by atoms with Crippen LogP contribution in [0.2, 0.25) is 0 Å². The molecule has 0 atom stereocenters. The zero-order valence-electron chi connectivity index (χ0n) is 45.6. The number of aliphatic hydroxyl groups excluding tert-OH is 2. The van der Waals surface area contributed by atoms with E-state index in [0.717, 1.165) is 20.8 Å². The van der Waals surface area contributed by atoms with Crippen LogP contribution in [0, 0.1) is 0 Å². The van der Waals surface area contributed by atoms with Crippen LogP contribution in [0.4, 0.5) is 0 Å². The van der Waals surface area contributed by atoms with E-state index in [4.69, 9.17) is 37.4 Å². The van der Waals surface area contributed by atoms with Crippen molar-refractivity contribution in [3.05, 3.63) is 88.9 Å². The zero-order chi connectivity index (χ0) is 56.0. The Morgan fingerprint density at radius 2 is 0.921 bits per heavy atom. The molecule has 3 aliphatic rings. The summed E-state index contributed by atoms with van der Waals surface area (Å²) in [5, 5.41) is 29.0. The number of pyridine rings is 2. The molecule has 3 aliphatic heterocycles. The second-order valence-electron chi connectivity index (χ2n) is 22.0. The lowest BCUT2D eigenvalue weighted by Gasteiger charge is -2.32. The molecule has 2 aromatic carbocycles. The number of benzene rings is 2. The van der Waals surface area contributed by atoms with Gasteiger partial charge in [-0.3, -0.25) is 0 Å². The highest BCUT2D eigenvalue weighted by Gasteiger charge is 2.63. The summed E-state index contributed by atoms with van der Waals surface area (Å²) in [5.74, 6) is 1.95. The van der Waals surface area contributed by atoms with Gasteiger partial charge in [-0.2, -0.15) is 10.2 Å². The Kier molecular flexibility index (Phi) is 17.1. The lowest BCUT2D eigenvalue weighted by atomic mass is 9.49. The summed E-state index contributed by atoms with van der Waals surface area (Å²) >= 11 is 3.43. The van der Waals surface area contributed by atoms with Crippen LogP contribution in [0.15, 0.2) is 77.5 Å². The Labute approximate surface area is 454 Å². The molecule has 4 aromatic heterocycles. The third-order valence-electron chi connectivity index (χ3n) is 14.3. The molecule has 6 aromatic rings. The first-order valence-corrected chi connectivity index (χ1v) is 29.6. The fourth-order valence-electron chi connectivity index (χ4n) is 7.85. The van der Waals surface area contributed by atoms with E-state index in [2.05, 4.69) is 36.1 Å². The van der Waals surface area contributed by atoms with Crippen LogP contribution < -0.4 is 14.9 Å². The number of halogens is 1. The molecule has 0 bridgehead atoms. The molecule has 0 radical (unpaired) electrons. The first-order chi connectivity index (χ1) is 35.2. The largest absolute Gasteiger partial charge is 0.495 e. The topological polar surface area (TPSA) is 244 Å². The van der Waals surface area contributed by atoms with Gasteiger partial charge in [0.25, 0.3) is 0 Å². The van der Waals surface area contributed by atoms with Gasteiger partial charge in [0.05, 0.1) is 104 Å². The maximum Gasteiger partial charge on any atom is 0.495 e. The summed E-state index contributed by atoms with van der Waals surface area (Å²) in [7, 11) is -7.87. The smallest absolute Gasteiger partial charge is 0.492 e. The number of aromatic nitrogens is 6. The van der Waals surface area contributed by atoms with Crippen molar-refractivity contribution in [2.75, 3.05) is 37.2 Å². The lowest BCUT2D eigenvalue weighted by molar-refractivity contribution is 0.00578. The van der Waals surface area contributed by atoms with Crippen molar-refractivity contribution < 1.29 is 64.4 Å². The first kappa shape index (κ1) is 59.2. The van der Waals surface area contributed by atoms with Crippen molar-refractivity contribution in [3.8, 4) is 23.1 Å². The second-order valence-corrected chi connectivity index (χ2v) is 27.4. The lowest BCUT2D eigenvalue weighted by Crippen LogP contribution is -2.41. The fourth-order valence-corrected chi connectivity index (χ4v) is 9.04. The number of fused-ring (bicyclic) bond motifs is 2.